The highest BCUT2D eigenvalue weighted by atomic mass is 35.5. The van der Waals surface area contributed by atoms with Crippen LogP contribution in [-0.4, -0.2) is 17.8 Å². The van der Waals surface area contributed by atoms with Crippen LogP contribution in [0.3, 0.4) is 0 Å². The highest BCUT2D eigenvalue weighted by Gasteiger charge is 2.04. The molecule has 0 saturated carbocycles. The lowest BCUT2D eigenvalue weighted by Crippen LogP contribution is -1.98. The molecule has 0 fully saturated rings. The number of halogens is 1. The summed E-state index contributed by atoms with van der Waals surface area (Å²) in [6.45, 7) is 2.89. The average Bonchev–Trinajstić information content (AvgIpc) is 3.19. The molecule has 0 aliphatic heterocycles. The van der Waals surface area contributed by atoms with Crippen molar-refractivity contribution in [1.82, 2.24) is 4.98 Å². The molecule has 0 aliphatic carbocycles. The van der Waals surface area contributed by atoms with E-state index in [4.69, 9.17) is 16.3 Å². The molecule has 0 bridgehead atoms. The number of ether oxygens (including phenoxy) is 1. The fraction of sp³-hybridized carbons (Fsp3) is 0.273. The topological polar surface area (TPSA) is 46.5 Å². The quantitative estimate of drug-likeness (QED) is 0.224. The average molecular weight is 414 g/mol. The lowest BCUT2D eigenvalue weighted by molar-refractivity contribution is 0.305. The molecule has 0 saturated heterocycles. The van der Waals surface area contributed by atoms with Gasteiger partial charge in [0.1, 0.15) is 5.75 Å². The van der Waals surface area contributed by atoms with Gasteiger partial charge in [-0.1, -0.05) is 68.1 Å². The number of rotatable bonds is 10. The Labute approximate surface area is 175 Å². The van der Waals surface area contributed by atoms with Crippen molar-refractivity contribution in [2.24, 2.45) is 5.10 Å². The summed E-state index contributed by atoms with van der Waals surface area (Å²) in [5.74, 6) is 0.718. The summed E-state index contributed by atoms with van der Waals surface area (Å²) in [6, 6.07) is 15.8. The minimum atomic E-state index is 0.597. The number of nitrogens with one attached hydrogen (secondary N) is 1. The van der Waals surface area contributed by atoms with Gasteiger partial charge in [-0.05, 0) is 30.2 Å². The highest BCUT2D eigenvalue weighted by molar-refractivity contribution is 7.14. The number of unbranched alkanes of at least 4 members (excludes halogenated alkanes) is 3. The van der Waals surface area contributed by atoms with E-state index in [1.165, 1.54) is 30.6 Å². The second-order valence-corrected chi connectivity index (χ2v) is 7.64. The summed E-state index contributed by atoms with van der Waals surface area (Å²) < 4.78 is 5.76. The number of anilines is 1. The summed E-state index contributed by atoms with van der Waals surface area (Å²) in [7, 11) is 0. The predicted octanol–water partition coefficient (Wildman–Crippen LogP) is 6.87. The number of thiazole rings is 1. The van der Waals surface area contributed by atoms with E-state index in [2.05, 4.69) is 22.4 Å². The molecule has 3 aromatic rings. The molecule has 0 radical (unpaired) electrons. The van der Waals surface area contributed by atoms with E-state index in [1.807, 2.05) is 53.9 Å². The van der Waals surface area contributed by atoms with Crippen LogP contribution in [0.15, 0.2) is 59.0 Å². The number of benzene rings is 2. The van der Waals surface area contributed by atoms with Crippen molar-refractivity contribution < 1.29 is 4.74 Å². The van der Waals surface area contributed by atoms with Crippen LogP contribution in [0.1, 0.15) is 38.2 Å². The Bertz CT molecular complexity index is 896. The van der Waals surface area contributed by atoms with E-state index >= 15 is 0 Å². The molecule has 1 heterocycles. The van der Waals surface area contributed by atoms with Gasteiger partial charge in [0.25, 0.3) is 0 Å². The summed E-state index contributed by atoms with van der Waals surface area (Å²) >= 11 is 7.84. The number of nitrogens with zero attached hydrogens (tertiary/aromatic N) is 2. The first-order valence-electron chi connectivity index (χ1n) is 9.48. The molecular weight excluding hydrogens is 390 g/mol. The SMILES string of the molecule is CCCCCCOc1ccc(C=NNc2nc(-c3ccccc3)cs2)cc1Cl. The van der Waals surface area contributed by atoms with Crippen LogP contribution < -0.4 is 10.2 Å². The van der Waals surface area contributed by atoms with Gasteiger partial charge in [0.2, 0.25) is 5.13 Å². The lowest BCUT2D eigenvalue weighted by Gasteiger charge is -2.08. The third-order valence-electron chi connectivity index (χ3n) is 4.16. The molecule has 2 aromatic carbocycles. The van der Waals surface area contributed by atoms with Gasteiger partial charge in [-0.15, -0.1) is 11.3 Å². The van der Waals surface area contributed by atoms with Crippen molar-refractivity contribution in [3.63, 3.8) is 0 Å². The van der Waals surface area contributed by atoms with E-state index in [1.54, 1.807) is 6.21 Å². The van der Waals surface area contributed by atoms with Crippen molar-refractivity contribution in [1.29, 1.82) is 0 Å². The first-order valence-corrected chi connectivity index (χ1v) is 10.7. The number of aromatic nitrogens is 1. The third-order valence-corrected chi connectivity index (χ3v) is 5.20. The van der Waals surface area contributed by atoms with Gasteiger partial charge in [-0.2, -0.15) is 5.10 Å². The van der Waals surface area contributed by atoms with Gasteiger partial charge in [-0.25, -0.2) is 4.98 Å². The maximum Gasteiger partial charge on any atom is 0.203 e. The van der Waals surface area contributed by atoms with Crippen molar-refractivity contribution in [3.05, 3.63) is 64.5 Å². The zero-order valence-corrected chi connectivity index (χ0v) is 17.5. The number of hydrazone groups is 1. The van der Waals surface area contributed by atoms with E-state index < -0.39 is 0 Å². The van der Waals surface area contributed by atoms with Crippen molar-refractivity contribution >= 4 is 34.3 Å². The van der Waals surface area contributed by atoms with Gasteiger partial charge >= 0.3 is 0 Å². The Morgan fingerprint density at radius 1 is 1.14 bits per heavy atom. The maximum absolute atomic E-state index is 6.32. The molecule has 4 nitrogen and oxygen atoms in total. The molecule has 1 aromatic heterocycles. The first-order chi connectivity index (χ1) is 13.8. The van der Waals surface area contributed by atoms with E-state index in [0.717, 1.165) is 34.1 Å². The number of hydrogen-bond donors (Lipinski definition) is 1. The Morgan fingerprint density at radius 2 is 2.00 bits per heavy atom. The maximum atomic E-state index is 6.32. The molecule has 3 rings (SSSR count). The Hall–Kier alpha value is -2.37. The third kappa shape index (κ3) is 6.08. The summed E-state index contributed by atoms with van der Waals surface area (Å²) in [5, 5.41) is 7.61. The molecule has 146 valence electrons. The van der Waals surface area contributed by atoms with E-state index in [-0.39, 0.29) is 0 Å². The summed E-state index contributed by atoms with van der Waals surface area (Å²) in [5.41, 5.74) is 5.90. The molecule has 0 atom stereocenters. The van der Waals surface area contributed by atoms with Gasteiger partial charge in [0.05, 0.1) is 23.5 Å². The number of hydrogen-bond acceptors (Lipinski definition) is 5. The largest absolute Gasteiger partial charge is 0.492 e. The normalized spacial score (nSPS) is 11.1. The van der Waals surface area contributed by atoms with Crippen LogP contribution in [0.4, 0.5) is 5.13 Å². The fourth-order valence-electron chi connectivity index (χ4n) is 2.65. The van der Waals surface area contributed by atoms with Crippen LogP contribution in [0.2, 0.25) is 5.02 Å². The van der Waals surface area contributed by atoms with Crippen LogP contribution in [0.5, 0.6) is 5.75 Å². The van der Waals surface area contributed by atoms with Gasteiger partial charge < -0.3 is 4.74 Å². The monoisotopic (exact) mass is 413 g/mol. The van der Waals surface area contributed by atoms with Crippen LogP contribution in [-0.2, 0) is 0 Å². The Kier molecular flexibility index (Phi) is 7.88. The first kappa shape index (κ1) is 20.4. The Morgan fingerprint density at radius 3 is 2.79 bits per heavy atom. The van der Waals surface area contributed by atoms with Crippen LogP contribution in [0, 0.1) is 0 Å². The minimum Gasteiger partial charge on any atom is -0.492 e. The standard InChI is InChI=1S/C22H24ClN3OS/c1-2-3-4-8-13-27-21-12-11-17(14-19(21)23)15-24-26-22-25-20(16-28-22)18-9-6-5-7-10-18/h5-7,9-12,14-16H,2-4,8,13H2,1H3,(H,25,26). The summed E-state index contributed by atoms with van der Waals surface area (Å²) in [6.07, 6.45) is 6.42. The molecule has 0 unspecified atom stereocenters. The van der Waals surface area contributed by atoms with Crippen molar-refractivity contribution in [2.75, 3.05) is 12.0 Å². The molecule has 28 heavy (non-hydrogen) atoms. The predicted molar refractivity (Wildman–Crippen MR) is 120 cm³/mol. The van der Waals surface area contributed by atoms with Crippen molar-refractivity contribution in [2.45, 2.75) is 32.6 Å². The molecule has 0 aliphatic rings. The Balaban J connectivity index is 1.52. The van der Waals surface area contributed by atoms with Gasteiger partial charge in [0, 0.05) is 10.9 Å². The van der Waals surface area contributed by atoms with E-state index in [0.29, 0.717) is 11.6 Å². The fourth-order valence-corrected chi connectivity index (χ4v) is 3.57. The van der Waals surface area contributed by atoms with Gasteiger partial charge in [0.15, 0.2) is 0 Å². The van der Waals surface area contributed by atoms with Crippen molar-refractivity contribution in [3.8, 4) is 17.0 Å². The smallest absolute Gasteiger partial charge is 0.203 e. The zero-order chi connectivity index (χ0) is 19.6. The van der Waals surface area contributed by atoms with E-state index in [9.17, 15) is 0 Å². The highest BCUT2D eigenvalue weighted by Crippen LogP contribution is 2.26. The summed E-state index contributed by atoms with van der Waals surface area (Å²) in [4.78, 5) is 4.55. The lowest BCUT2D eigenvalue weighted by atomic mass is 10.2. The molecule has 0 spiro atoms. The second kappa shape index (κ2) is 10.8. The van der Waals surface area contributed by atoms with Gasteiger partial charge in [-0.3, -0.25) is 5.43 Å². The molecule has 0 amide bonds. The second-order valence-electron chi connectivity index (χ2n) is 6.37. The van der Waals surface area contributed by atoms with Crippen LogP contribution in [0.25, 0.3) is 11.3 Å². The molecule has 6 heteroatoms. The minimum absolute atomic E-state index is 0.597. The molecular formula is C22H24ClN3OS. The molecule has 1 N–H and O–H groups in total. The van der Waals surface area contributed by atoms with Crippen LogP contribution >= 0.6 is 22.9 Å². The zero-order valence-electron chi connectivity index (χ0n) is 15.9.